The molecule has 0 bridgehead atoms. The van der Waals surface area contributed by atoms with E-state index in [0.717, 1.165) is 37.6 Å². The van der Waals surface area contributed by atoms with Gasteiger partial charge < -0.3 is 24.1 Å². The van der Waals surface area contributed by atoms with E-state index in [-0.39, 0.29) is 18.5 Å². The first-order chi connectivity index (χ1) is 15.3. The van der Waals surface area contributed by atoms with E-state index in [1.165, 1.54) is 18.2 Å². The largest absolute Gasteiger partial charge is 0.467 e. The zero-order chi connectivity index (χ0) is 21.0. The molecular formula is C21H23N5O4S. The van der Waals surface area contributed by atoms with E-state index in [9.17, 15) is 4.79 Å². The number of thioether (sulfide) groups is 1. The van der Waals surface area contributed by atoms with Crippen LogP contribution in [0.3, 0.4) is 0 Å². The summed E-state index contributed by atoms with van der Waals surface area (Å²) in [7, 11) is 0. The predicted molar refractivity (Wildman–Crippen MR) is 116 cm³/mol. The fourth-order valence-corrected chi connectivity index (χ4v) is 4.45. The molecule has 1 N–H and O–H groups in total. The number of carbonyl (C=O) groups is 1. The van der Waals surface area contributed by atoms with Gasteiger partial charge in [0, 0.05) is 24.8 Å². The first-order valence-electron chi connectivity index (χ1n) is 10.3. The number of rotatable bonds is 7. The number of nitrogens with zero attached hydrogens (tertiary/aromatic N) is 4. The quantitative estimate of drug-likeness (QED) is 0.558. The third-order valence-corrected chi connectivity index (χ3v) is 6.19. The van der Waals surface area contributed by atoms with Crippen molar-refractivity contribution in [3.05, 3.63) is 42.4 Å². The molecule has 2 aromatic heterocycles. The van der Waals surface area contributed by atoms with E-state index in [2.05, 4.69) is 20.4 Å². The number of amides is 1. The molecule has 0 radical (unpaired) electrons. The van der Waals surface area contributed by atoms with Crippen molar-refractivity contribution in [2.24, 2.45) is 0 Å². The molecule has 2 aliphatic rings. The number of furan rings is 1. The van der Waals surface area contributed by atoms with E-state index in [1.54, 1.807) is 24.5 Å². The summed E-state index contributed by atoms with van der Waals surface area (Å²) >= 11 is 1.36. The Labute approximate surface area is 183 Å². The van der Waals surface area contributed by atoms with Crippen molar-refractivity contribution in [2.75, 3.05) is 35.9 Å². The molecule has 5 rings (SSSR count). The predicted octanol–water partition coefficient (Wildman–Crippen LogP) is 3.37. The maximum atomic E-state index is 12.5. The minimum atomic E-state index is -0.129. The molecule has 1 saturated heterocycles. The Balaban J connectivity index is 1.27. The number of hydrogen-bond donors (Lipinski definition) is 1. The number of carbonyl (C=O) groups excluding carboxylic acids is 1. The lowest BCUT2D eigenvalue weighted by atomic mass is 10.1. The van der Waals surface area contributed by atoms with Gasteiger partial charge in [0.1, 0.15) is 5.76 Å². The monoisotopic (exact) mass is 441 g/mol. The summed E-state index contributed by atoms with van der Waals surface area (Å²) in [4.78, 5) is 14.8. The molecule has 4 heterocycles. The van der Waals surface area contributed by atoms with E-state index in [4.69, 9.17) is 13.9 Å². The summed E-state index contributed by atoms with van der Waals surface area (Å²) in [5.41, 5.74) is 0.668. The third-order valence-electron chi connectivity index (χ3n) is 5.22. The summed E-state index contributed by atoms with van der Waals surface area (Å²) < 4.78 is 18.2. The number of piperidine rings is 1. The molecule has 1 amide bonds. The van der Waals surface area contributed by atoms with Crippen molar-refractivity contribution >= 4 is 29.3 Å². The Morgan fingerprint density at radius 3 is 2.81 bits per heavy atom. The van der Waals surface area contributed by atoms with Crippen LogP contribution >= 0.6 is 11.8 Å². The Bertz CT molecular complexity index is 1050. The van der Waals surface area contributed by atoms with Crippen LogP contribution < -0.4 is 19.7 Å². The molecule has 162 valence electrons. The number of aromatic nitrogens is 3. The zero-order valence-electron chi connectivity index (χ0n) is 17.0. The van der Waals surface area contributed by atoms with Gasteiger partial charge in [-0.25, -0.2) is 0 Å². The highest BCUT2D eigenvalue weighted by atomic mass is 32.2. The lowest BCUT2D eigenvalue weighted by molar-refractivity contribution is -0.113. The normalized spacial score (nSPS) is 15.3. The molecule has 2 aliphatic heterocycles. The minimum absolute atomic E-state index is 0.129. The first kappa shape index (κ1) is 19.8. The average molecular weight is 442 g/mol. The first-order valence-corrected chi connectivity index (χ1v) is 11.3. The zero-order valence-corrected chi connectivity index (χ0v) is 17.8. The highest BCUT2D eigenvalue weighted by Crippen LogP contribution is 2.34. The Morgan fingerprint density at radius 1 is 1.10 bits per heavy atom. The molecule has 0 saturated carbocycles. The summed E-state index contributed by atoms with van der Waals surface area (Å²) in [6, 6.07) is 9.14. The molecule has 1 aromatic carbocycles. The van der Waals surface area contributed by atoms with Crippen LogP contribution in [-0.4, -0.2) is 46.3 Å². The van der Waals surface area contributed by atoms with Crippen molar-refractivity contribution in [3.8, 4) is 11.5 Å². The number of hydrogen-bond acceptors (Lipinski definition) is 8. The van der Waals surface area contributed by atoms with Crippen LogP contribution in [0.25, 0.3) is 0 Å². The van der Waals surface area contributed by atoms with Gasteiger partial charge in [-0.1, -0.05) is 11.8 Å². The fourth-order valence-electron chi connectivity index (χ4n) is 3.71. The highest BCUT2D eigenvalue weighted by Gasteiger charge is 2.22. The highest BCUT2D eigenvalue weighted by molar-refractivity contribution is 7.99. The lowest BCUT2D eigenvalue weighted by Gasteiger charge is -2.27. The van der Waals surface area contributed by atoms with Gasteiger partial charge in [0.05, 0.1) is 18.6 Å². The molecule has 10 heteroatoms. The van der Waals surface area contributed by atoms with Crippen LogP contribution in [0.1, 0.15) is 25.0 Å². The molecule has 9 nitrogen and oxygen atoms in total. The third kappa shape index (κ3) is 4.48. The molecule has 3 aromatic rings. The molecule has 1 fully saturated rings. The van der Waals surface area contributed by atoms with Crippen molar-refractivity contribution in [1.29, 1.82) is 0 Å². The van der Waals surface area contributed by atoms with Crippen LogP contribution in [0.2, 0.25) is 0 Å². The van der Waals surface area contributed by atoms with E-state index >= 15 is 0 Å². The molecule has 0 aliphatic carbocycles. The standard InChI is InChI=1S/C21H23N5O4S/c27-19(22-15-6-7-17-18(11-15)30-14-29-17)13-31-21-24-23-20(25-8-2-1-3-9-25)26(21)12-16-5-4-10-28-16/h4-7,10-11H,1-3,8-9,12-14H2,(H,22,27). The minimum Gasteiger partial charge on any atom is -0.467 e. The van der Waals surface area contributed by atoms with Crippen LogP contribution in [0.5, 0.6) is 11.5 Å². The van der Waals surface area contributed by atoms with E-state index in [1.807, 2.05) is 16.7 Å². The Kier molecular flexibility index (Phi) is 5.70. The fraction of sp³-hybridized carbons (Fsp3) is 0.381. The molecule has 0 atom stereocenters. The van der Waals surface area contributed by atoms with Gasteiger partial charge in [-0.15, -0.1) is 10.2 Å². The van der Waals surface area contributed by atoms with Gasteiger partial charge in [0.2, 0.25) is 18.6 Å². The smallest absolute Gasteiger partial charge is 0.234 e. The van der Waals surface area contributed by atoms with Crippen LogP contribution in [0.4, 0.5) is 11.6 Å². The molecular weight excluding hydrogens is 418 g/mol. The number of fused-ring (bicyclic) bond motifs is 1. The van der Waals surface area contributed by atoms with Gasteiger partial charge in [0.25, 0.3) is 0 Å². The number of nitrogens with one attached hydrogen (secondary N) is 1. The Morgan fingerprint density at radius 2 is 1.97 bits per heavy atom. The lowest BCUT2D eigenvalue weighted by Crippen LogP contribution is -2.32. The second-order valence-corrected chi connectivity index (χ2v) is 8.34. The van der Waals surface area contributed by atoms with Crippen molar-refractivity contribution in [1.82, 2.24) is 14.8 Å². The second kappa shape index (κ2) is 8.93. The second-order valence-electron chi connectivity index (χ2n) is 7.40. The van der Waals surface area contributed by atoms with Crippen molar-refractivity contribution in [3.63, 3.8) is 0 Å². The topological polar surface area (TPSA) is 94.7 Å². The van der Waals surface area contributed by atoms with Gasteiger partial charge in [-0.3, -0.25) is 9.36 Å². The van der Waals surface area contributed by atoms with Crippen molar-refractivity contribution in [2.45, 2.75) is 31.0 Å². The summed E-state index contributed by atoms with van der Waals surface area (Å²) in [6.45, 7) is 2.66. The van der Waals surface area contributed by atoms with Crippen LogP contribution in [0.15, 0.2) is 46.2 Å². The SMILES string of the molecule is O=C(CSc1nnc(N2CCCCC2)n1Cc1ccco1)Nc1ccc2c(c1)OCO2. The van der Waals surface area contributed by atoms with Crippen molar-refractivity contribution < 1.29 is 18.7 Å². The molecule has 0 unspecified atom stereocenters. The summed E-state index contributed by atoms with van der Waals surface area (Å²) in [6.07, 6.45) is 5.19. The maximum Gasteiger partial charge on any atom is 0.234 e. The maximum absolute atomic E-state index is 12.5. The van der Waals surface area contributed by atoms with Gasteiger partial charge in [-0.2, -0.15) is 0 Å². The van der Waals surface area contributed by atoms with Gasteiger partial charge in [-0.05, 0) is 43.5 Å². The van der Waals surface area contributed by atoms with E-state index < -0.39 is 0 Å². The number of anilines is 2. The molecule has 0 spiro atoms. The molecule has 31 heavy (non-hydrogen) atoms. The van der Waals surface area contributed by atoms with Crippen LogP contribution in [-0.2, 0) is 11.3 Å². The van der Waals surface area contributed by atoms with Gasteiger partial charge >= 0.3 is 0 Å². The number of ether oxygens (including phenoxy) is 2. The number of benzene rings is 1. The van der Waals surface area contributed by atoms with Crippen LogP contribution in [0, 0.1) is 0 Å². The summed E-state index contributed by atoms with van der Waals surface area (Å²) in [5.74, 6) is 3.05. The Hall–Kier alpha value is -3.14. The van der Waals surface area contributed by atoms with E-state index in [0.29, 0.717) is 28.9 Å². The average Bonchev–Trinajstić information content (AvgIpc) is 3.54. The summed E-state index contributed by atoms with van der Waals surface area (Å²) in [5, 5.41) is 12.4. The van der Waals surface area contributed by atoms with Gasteiger partial charge in [0.15, 0.2) is 16.7 Å².